The third-order valence-electron chi connectivity index (χ3n) is 3.13. The maximum absolute atomic E-state index is 12.9. The highest BCUT2D eigenvalue weighted by Gasteiger charge is 2.05. The zero-order chi connectivity index (χ0) is 14.7. The van der Waals surface area contributed by atoms with Gasteiger partial charge in [0.2, 0.25) is 0 Å². The normalized spacial score (nSPS) is 10.6. The second kappa shape index (κ2) is 5.79. The molecule has 2 aromatic heterocycles. The van der Waals surface area contributed by atoms with Crippen LogP contribution in [0.1, 0.15) is 17.0 Å². The van der Waals surface area contributed by atoms with Crippen LogP contribution >= 0.6 is 0 Å². The largest absolute Gasteiger partial charge is 0.249 e. The van der Waals surface area contributed by atoms with Crippen LogP contribution in [-0.4, -0.2) is 15.0 Å². The molecule has 0 unspecified atom stereocenters. The molecule has 2 heterocycles. The van der Waals surface area contributed by atoms with Crippen LogP contribution in [-0.2, 0) is 6.42 Å². The molecule has 0 spiro atoms. The van der Waals surface area contributed by atoms with E-state index in [2.05, 4.69) is 15.0 Å². The van der Waals surface area contributed by atoms with Crippen molar-refractivity contribution in [2.24, 2.45) is 0 Å². The Labute approximate surface area is 122 Å². The van der Waals surface area contributed by atoms with E-state index in [1.165, 1.54) is 12.1 Å². The first-order valence-corrected chi connectivity index (χ1v) is 6.71. The predicted octanol–water partition coefficient (Wildman–Crippen LogP) is 3.58. The Kier molecular flexibility index (Phi) is 3.69. The number of hydrogen-bond acceptors (Lipinski definition) is 3. The second-order valence-corrected chi connectivity index (χ2v) is 4.84. The fourth-order valence-electron chi connectivity index (χ4n) is 2.09. The van der Waals surface area contributed by atoms with E-state index < -0.39 is 0 Å². The summed E-state index contributed by atoms with van der Waals surface area (Å²) in [6.07, 6.45) is 2.38. The van der Waals surface area contributed by atoms with Crippen LogP contribution in [0, 0.1) is 12.7 Å². The molecule has 0 aliphatic heterocycles. The number of aromatic nitrogens is 3. The van der Waals surface area contributed by atoms with E-state index in [9.17, 15) is 4.39 Å². The lowest BCUT2D eigenvalue weighted by atomic mass is 10.1. The van der Waals surface area contributed by atoms with E-state index in [4.69, 9.17) is 0 Å². The molecule has 0 saturated carbocycles. The van der Waals surface area contributed by atoms with Crippen molar-refractivity contribution >= 4 is 0 Å². The summed E-state index contributed by atoms with van der Waals surface area (Å²) in [5.41, 5.74) is 3.58. The molecule has 4 heteroatoms. The number of hydrogen-bond donors (Lipinski definition) is 0. The summed E-state index contributed by atoms with van der Waals surface area (Å²) in [5, 5.41) is 0. The van der Waals surface area contributed by atoms with Crippen molar-refractivity contribution in [2.75, 3.05) is 0 Å². The molecule has 0 amide bonds. The van der Waals surface area contributed by atoms with Gasteiger partial charge in [0.1, 0.15) is 11.5 Å². The van der Waals surface area contributed by atoms with Crippen LogP contribution in [0.25, 0.3) is 11.5 Å². The number of pyridine rings is 1. The molecule has 0 atom stereocenters. The number of nitrogens with zero attached hydrogens (tertiary/aromatic N) is 3. The number of halogens is 1. The van der Waals surface area contributed by atoms with Crippen LogP contribution in [0.3, 0.4) is 0 Å². The lowest BCUT2D eigenvalue weighted by Crippen LogP contribution is -1.97. The molecular weight excluding hydrogens is 265 g/mol. The van der Waals surface area contributed by atoms with Crippen LogP contribution < -0.4 is 0 Å². The van der Waals surface area contributed by atoms with Crippen molar-refractivity contribution in [1.82, 2.24) is 15.0 Å². The summed E-state index contributed by atoms with van der Waals surface area (Å²) in [7, 11) is 0. The Bertz CT molecular complexity index is 754. The van der Waals surface area contributed by atoms with Gasteiger partial charge < -0.3 is 0 Å². The van der Waals surface area contributed by atoms with Gasteiger partial charge in [0.05, 0.1) is 0 Å². The number of aryl methyl sites for hydroxylation is 1. The first kappa shape index (κ1) is 13.4. The van der Waals surface area contributed by atoms with Gasteiger partial charge in [0.15, 0.2) is 5.82 Å². The highest BCUT2D eigenvalue weighted by atomic mass is 19.1. The summed E-state index contributed by atoms with van der Waals surface area (Å²) < 4.78 is 12.9. The SMILES string of the molecule is Cc1ccnc(-c2cccc(Cc3ccc(F)cc3)n2)n1. The van der Waals surface area contributed by atoms with E-state index in [0.29, 0.717) is 12.2 Å². The summed E-state index contributed by atoms with van der Waals surface area (Å²) in [5.74, 6) is 0.393. The summed E-state index contributed by atoms with van der Waals surface area (Å²) >= 11 is 0. The van der Waals surface area contributed by atoms with E-state index in [-0.39, 0.29) is 5.82 Å². The number of benzene rings is 1. The zero-order valence-electron chi connectivity index (χ0n) is 11.6. The van der Waals surface area contributed by atoms with E-state index in [1.807, 2.05) is 31.2 Å². The molecular formula is C17H14FN3. The Morgan fingerprint density at radius 3 is 2.52 bits per heavy atom. The molecule has 3 nitrogen and oxygen atoms in total. The maximum Gasteiger partial charge on any atom is 0.178 e. The predicted molar refractivity (Wildman–Crippen MR) is 79.2 cm³/mol. The standard InChI is InChI=1S/C17H14FN3/c1-12-9-10-19-17(20-12)16-4-2-3-15(21-16)11-13-5-7-14(18)8-6-13/h2-10H,11H2,1H3. The molecule has 0 fully saturated rings. The fraction of sp³-hybridized carbons (Fsp3) is 0.118. The first-order chi connectivity index (χ1) is 10.2. The summed E-state index contributed by atoms with van der Waals surface area (Å²) in [6.45, 7) is 1.92. The molecule has 0 aliphatic rings. The molecule has 1 aromatic carbocycles. The zero-order valence-corrected chi connectivity index (χ0v) is 11.6. The van der Waals surface area contributed by atoms with Gasteiger partial charge >= 0.3 is 0 Å². The maximum atomic E-state index is 12.9. The molecule has 0 bridgehead atoms. The topological polar surface area (TPSA) is 38.7 Å². The second-order valence-electron chi connectivity index (χ2n) is 4.84. The molecule has 0 saturated heterocycles. The van der Waals surface area contributed by atoms with Crippen LogP contribution in [0.4, 0.5) is 4.39 Å². The average molecular weight is 279 g/mol. The quantitative estimate of drug-likeness (QED) is 0.735. The van der Waals surface area contributed by atoms with Crippen LogP contribution in [0.2, 0.25) is 0 Å². The molecule has 3 rings (SSSR count). The molecule has 104 valence electrons. The minimum Gasteiger partial charge on any atom is -0.249 e. The number of rotatable bonds is 3. The smallest absolute Gasteiger partial charge is 0.178 e. The van der Waals surface area contributed by atoms with Crippen LogP contribution in [0.15, 0.2) is 54.7 Å². The van der Waals surface area contributed by atoms with E-state index >= 15 is 0 Å². The lowest BCUT2D eigenvalue weighted by Gasteiger charge is -2.04. The highest BCUT2D eigenvalue weighted by molar-refractivity contribution is 5.49. The van der Waals surface area contributed by atoms with E-state index in [0.717, 1.165) is 22.6 Å². The van der Waals surface area contributed by atoms with Gasteiger partial charge in [0, 0.05) is 24.0 Å². The van der Waals surface area contributed by atoms with Crippen molar-refractivity contribution in [3.8, 4) is 11.5 Å². The van der Waals surface area contributed by atoms with Crippen molar-refractivity contribution < 1.29 is 4.39 Å². The Balaban J connectivity index is 1.88. The Hall–Kier alpha value is -2.62. The van der Waals surface area contributed by atoms with Crippen LogP contribution in [0.5, 0.6) is 0 Å². The van der Waals surface area contributed by atoms with Crippen molar-refractivity contribution in [3.63, 3.8) is 0 Å². The van der Waals surface area contributed by atoms with Gasteiger partial charge in [-0.1, -0.05) is 18.2 Å². The Morgan fingerprint density at radius 2 is 1.76 bits per heavy atom. The molecule has 0 radical (unpaired) electrons. The minimum atomic E-state index is -0.228. The molecule has 21 heavy (non-hydrogen) atoms. The lowest BCUT2D eigenvalue weighted by molar-refractivity contribution is 0.627. The van der Waals surface area contributed by atoms with Gasteiger partial charge in [-0.25, -0.2) is 19.3 Å². The summed E-state index contributed by atoms with van der Waals surface area (Å²) in [4.78, 5) is 13.2. The fourth-order valence-corrected chi connectivity index (χ4v) is 2.09. The molecule has 3 aromatic rings. The van der Waals surface area contributed by atoms with Gasteiger partial charge in [-0.3, -0.25) is 0 Å². The Morgan fingerprint density at radius 1 is 0.952 bits per heavy atom. The highest BCUT2D eigenvalue weighted by Crippen LogP contribution is 2.15. The first-order valence-electron chi connectivity index (χ1n) is 6.71. The average Bonchev–Trinajstić information content (AvgIpc) is 2.50. The van der Waals surface area contributed by atoms with Crippen molar-refractivity contribution in [2.45, 2.75) is 13.3 Å². The molecule has 0 N–H and O–H groups in total. The third kappa shape index (κ3) is 3.28. The van der Waals surface area contributed by atoms with Gasteiger partial charge in [-0.15, -0.1) is 0 Å². The molecule has 0 aliphatic carbocycles. The van der Waals surface area contributed by atoms with Gasteiger partial charge in [0.25, 0.3) is 0 Å². The minimum absolute atomic E-state index is 0.228. The third-order valence-corrected chi connectivity index (χ3v) is 3.13. The van der Waals surface area contributed by atoms with Gasteiger partial charge in [-0.2, -0.15) is 0 Å². The van der Waals surface area contributed by atoms with Crippen molar-refractivity contribution in [1.29, 1.82) is 0 Å². The van der Waals surface area contributed by atoms with E-state index in [1.54, 1.807) is 18.3 Å². The van der Waals surface area contributed by atoms with Crippen molar-refractivity contribution in [3.05, 3.63) is 77.5 Å². The monoisotopic (exact) mass is 279 g/mol. The summed E-state index contributed by atoms with van der Waals surface area (Å²) in [6, 6.07) is 14.1. The van der Waals surface area contributed by atoms with Gasteiger partial charge in [-0.05, 0) is 42.8 Å².